The van der Waals surface area contributed by atoms with Crippen LogP contribution >= 0.6 is 11.6 Å². The van der Waals surface area contributed by atoms with Crippen molar-refractivity contribution in [3.63, 3.8) is 0 Å². The largest absolute Gasteiger partial charge is 0.449 e. The number of nitrogens with zero attached hydrogens (tertiary/aromatic N) is 1. The minimum Gasteiger partial charge on any atom is -0.449 e. The van der Waals surface area contributed by atoms with Crippen LogP contribution in [0, 0.1) is 34.0 Å². The van der Waals surface area contributed by atoms with Gasteiger partial charge in [-0.1, -0.05) is 54.9 Å². The fourth-order valence-electron chi connectivity index (χ4n) is 9.35. The van der Waals surface area contributed by atoms with Gasteiger partial charge in [0.1, 0.15) is 6.17 Å². The number of hydrogen-bond acceptors (Lipinski definition) is 5. The molecular formula is C30H34ClF2NO4. The Kier molecular flexibility index (Phi) is 5.99. The van der Waals surface area contributed by atoms with Gasteiger partial charge in [-0.2, -0.15) is 0 Å². The molecule has 0 radical (unpaired) electrons. The molecule has 1 aromatic carbocycles. The number of ketones is 1. The molecule has 1 heterocycles. The lowest BCUT2D eigenvalue weighted by Gasteiger charge is -2.63. The van der Waals surface area contributed by atoms with E-state index in [1.54, 1.807) is 6.92 Å². The molecule has 5 nitrogen and oxygen atoms in total. The van der Waals surface area contributed by atoms with Crippen LogP contribution in [0.15, 0.2) is 54.1 Å². The SMILES string of the molecule is C[C@]12C=CC(=O)C=C1[C@@H](F)C[C@H]1[C@@H]3C[C@H]4CN(Cc5ccccc5)C[C@@]4(C(=O)OCCl)[C@@]3(C)C[C@H](O)[C@@]12F. The maximum absolute atomic E-state index is 17.5. The number of esters is 1. The first kappa shape index (κ1) is 26.1. The first-order valence-electron chi connectivity index (χ1n) is 13.5. The summed E-state index contributed by atoms with van der Waals surface area (Å²) in [5, 5.41) is 11.6. The van der Waals surface area contributed by atoms with Crippen molar-refractivity contribution in [1.29, 1.82) is 0 Å². The van der Waals surface area contributed by atoms with Gasteiger partial charge >= 0.3 is 5.97 Å². The van der Waals surface area contributed by atoms with Gasteiger partial charge in [-0.15, -0.1) is 0 Å². The van der Waals surface area contributed by atoms with Crippen LogP contribution in [0.3, 0.4) is 0 Å². The van der Waals surface area contributed by atoms with Crippen molar-refractivity contribution in [1.82, 2.24) is 4.90 Å². The number of allylic oxidation sites excluding steroid dienone is 4. The van der Waals surface area contributed by atoms with Gasteiger partial charge in [0.2, 0.25) is 0 Å². The Morgan fingerprint density at radius 1 is 1.21 bits per heavy atom. The van der Waals surface area contributed by atoms with E-state index in [1.165, 1.54) is 18.2 Å². The number of carbonyl (C=O) groups excluding carboxylic acids is 2. The molecule has 0 amide bonds. The van der Waals surface area contributed by atoms with Gasteiger partial charge in [-0.25, -0.2) is 8.78 Å². The van der Waals surface area contributed by atoms with E-state index in [9.17, 15) is 14.7 Å². The molecule has 6 rings (SSSR count). The van der Waals surface area contributed by atoms with Crippen LogP contribution < -0.4 is 0 Å². The number of rotatable bonds is 4. The molecule has 1 N–H and O–H groups in total. The van der Waals surface area contributed by atoms with Gasteiger partial charge in [-0.05, 0) is 66.7 Å². The molecule has 4 aliphatic carbocycles. The third-order valence-electron chi connectivity index (χ3n) is 11.0. The zero-order valence-electron chi connectivity index (χ0n) is 21.7. The average molecular weight is 546 g/mol. The highest BCUT2D eigenvalue weighted by Gasteiger charge is 2.78. The molecule has 0 spiro atoms. The number of fused-ring (bicyclic) bond motifs is 7. The third-order valence-corrected chi connectivity index (χ3v) is 11.1. The fourth-order valence-corrected chi connectivity index (χ4v) is 9.45. The number of ether oxygens (including phenoxy) is 1. The summed E-state index contributed by atoms with van der Waals surface area (Å²) < 4.78 is 38.7. The first-order chi connectivity index (χ1) is 18.0. The number of benzene rings is 1. The Hall–Kier alpha value is -2.09. The van der Waals surface area contributed by atoms with Crippen molar-refractivity contribution in [3.05, 3.63) is 59.7 Å². The molecule has 8 heteroatoms. The highest BCUT2D eigenvalue weighted by atomic mass is 35.5. The highest BCUT2D eigenvalue weighted by Crippen LogP contribution is 2.74. The smallest absolute Gasteiger partial charge is 0.315 e. The standard InChI is InChI=1S/C30H34ClF2NO4/c1-27-9-8-20(35)11-23(27)24(32)12-22-21-10-19-15-34(14-18-6-4-3-5-7-18)16-29(19,26(37)38-17-31)28(21,2)13-25(36)30(22,27)33/h3-9,11,19,21-22,24-25,36H,10,12-17H2,1-2H3/t19-,21-,22-,24-,25-,27-,28-,29+,30-/m0/s1. The number of carbonyl (C=O) groups is 2. The van der Waals surface area contributed by atoms with Gasteiger partial charge in [0.25, 0.3) is 0 Å². The topological polar surface area (TPSA) is 66.8 Å². The summed E-state index contributed by atoms with van der Waals surface area (Å²) in [7, 11) is 0. The zero-order chi connectivity index (χ0) is 27.1. The molecule has 1 aromatic rings. The molecule has 0 aromatic heterocycles. The molecule has 3 saturated carbocycles. The van der Waals surface area contributed by atoms with Crippen LogP contribution in [-0.2, 0) is 20.9 Å². The van der Waals surface area contributed by atoms with E-state index in [1.807, 2.05) is 37.3 Å². The van der Waals surface area contributed by atoms with Gasteiger partial charge in [0.05, 0.1) is 11.5 Å². The summed E-state index contributed by atoms with van der Waals surface area (Å²) in [6.45, 7) is 5.25. The van der Waals surface area contributed by atoms with Crippen molar-refractivity contribution >= 4 is 23.4 Å². The van der Waals surface area contributed by atoms with Crippen LogP contribution in [0.1, 0.15) is 38.7 Å². The lowest BCUT2D eigenvalue weighted by Crippen LogP contribution is -2.69. The lowest BCUT2D eigenvalue weighted by molar-refractivity contribution is -0.216. The van der Waals surface area contributed by atoms with Crippen molar-refractivity contribution in [2.45, 2.75) is 57.6 Å². The number of hydrogen-bond donors (Lipinski definition) is 1. The Bertz CT molecular complexity index is 1220. The summed E-state index contributed by atoms with van der Waals surface area (Å²) in [6.07, 6.45) is 1.43. The molecule has 5 aliphatic rings. The minimum atomic E-state index is -2.16. The first-order valence-corrected chi connectivity index (χ1v) is 14.0. The van der Waals surface area contributed by atoms with Crippen LogP contribution in [0.25, 0.3) is 0 Å². The second kappa shape index (κ2) is 8.70. The predicted octanol–water partition coefficient (Wildman–Crippen LogP) is 4.77. The third kappa shape index (κ3) is 3.21. The van der Waals surface area contributed by atoms with E-state index in [0.717, 1.165) is 5.56 Å². The van der Waals surface area contributed by atoms with E-state index in [4.69, 9.17) is 16.3 Å². The minimum absolute atomic E-state index is 0.0410. The molecular weight excluding hydrogens is 512 g/mol. The van der Waals surface area contributed by atoms with Crippen molar-refractivity contribution < 1.29 is 28.2 Å². The second-order valence-electron chi connectivity index (χ2n) is 12.5. The molecule has 4 fully saturated rings. The van der Waals surface area contributed by atoms with Gasteiger partial charge < -0.3 is 9.84 Å². The summed E-state index contributed by atoms with van der Waals surface area (Å²) in [4.78, 5) is 28.1. The quantitative estimate of drug-likeness (QED) is 0.436. The lowest BCUT2D eigenvalue weighted by atomic mass is 9.43. The summed E-state index contributed by atoms with van der Waals surface area (Å²) >= 11 is 5.88. The van der Waals surface area contributed by atoms with Crippen LogP contribution in [-0.4, -0.2) is 58.9 Å². The normalized spacial score (nSPS) is 45.6. The second-order valence-corrected chi connectivity index (χ2v) is 12.7. The maximum Gasteiger partial charge on any atom is 0.315 e. The van der Waals surface area contributed by atoms with Crippen molar-refractivity contribution in [2.75, 3.05) is 19.2 Å². The number of alkyl halides is 3. The van der Waals surface area contributed by atoms with Gasteiger partial charge in [0.15, 0.2) is 17.5 Å². The zero-order valence-corrected chi connectivity index (χ0v) is 22.5. The monoisotopic (exact) mass is 545 g/mol. The maximum atomic E-state index is 17.5. The average Bonchev–Trinajstić information content (AvgIpc) is 3.35. The Morgan fingerprint density at radius 2 is 1.95 bits per heavy atom. The molecule has 9 atom stereocenters. The van der Waals surface area contributed by atoms with Crippen LogP contribution in [0.2, 0.25) is 0 Å². The Labute approximate surface area is 226 Å². The predicted molar refractivity (Wildman–Crippen MR) is 138 cm³/mol. The Morgan fingerprint density at radius 3 is 2.66 bits per heavy atom. The Balaban J connectivity index is 1.41. The molecule has 1 aliphatic heterocycles. The van der Waals surface area contributed by atoms with E-state index < -0.39 is 46.1 Å². The van der Waals surface area contributed by atoms with E-state index in [-0.39, 0.29) is 42.1 Å². The molecule has 204 valence electrons. The van der Waals surface area contributed by atoms with Crippen LogP contribution in [0.4, 0.5) is 8.78 Å². The number of halogens is 3. The summed E-state index contributed by atoms with van der Waals surface area (Å²) in [5.74, 6) is -2.09. The fraction of sp³-hybridized carbons (Fsp3) is 0.600. The van der Waals surface area contributed by atoms with Crippen molar-refractivity contribution in [3.8, 4) is 0 Å². The van der Waals surface area contributed by atoms with Crippen LogP contribution in [0.5, 0.6) is 0 Å². The highest BCUT2D eigenvalue weighted by molar-refractivity contribution is 6.17. The van der Waals surface area contributed by atoms with Gasteiger partial charge in [0, 0.05) is 31.0 Å². The summed E-state index contributed by atoms with van der Waals surface area (Å²) in [6, 6.07) is 9.71. The van der Waals surface area contributed by atoms with Crippen molar-refractivity contribution in [2.24, 2.45) is 34.0 Å². The molecule has 0 unspecified atom stereocenters. The van der Waals surface area contributed by atoms with E-state index in [0.29, 0.717) is 26.1 Å². The van der Waals surface area contributed by atoms with Gasteiger partial charge in [-0.3, -0.25) is 14.5 Å². The molecule has 0 bridgehead atoms. The number of likely N-dealkylation sites (tertiary alicyclic amines) is 1. The van der Waals surface area contributed by atoms with E-state index in [2.05, 4.69) is 4.90 Å². The number of aliphatic hydroxyl groups excluding tert-OH is 1. The number of aliphatic hydroxyl groups is 1. The molecule has 38 heavy (non-hydrogen) atoms. The van der Waals surface area contributed by atoms with E-state index >= 15 is 8.78 Å². The molecule has 1 saturated heterocycles. The summed E-state index contributed by atoms with van der Waals surface area (Å²) in [5.41, 5.74) is -4.19.